The molecule has 0 spiro atoms. The molecule has 2 heteroatoms. The minimum atomic E-state index is -0.160. The number of carbonyl (C=O) groups is 1. The third-order valence-electron chi connectivity index (χ3n) is 3.28. The summed E-state index contributed by atoms with van der Waals surface area (Å²) in [6, 6.07) is 19.3. The maximum Gasteiger partial charge on any atom is 0.252 e. The molecule has 0 aliphatic rings. The molecule has 1 heterocycles. The van der Waals surface area contributed by atoms with Gasteiger partial charge in [-0.05, 0) is 30.2 Å². The van der Waals surface area contributed by atoms with Gasteiger partial charge in [-0.15, -0.1) is 0 Å². The Balaban J connectivity index is 1.98. The van der Waals surface area contributed by atoms with Crippen molar-refractivity contribution in [2.45, 2.75) is 0 Å². The summed E-state index contributed by atoms with van der Waals surface area (Å²) < 4.78 is 1.89. The Bertz CT molecular complexity index is 832. The molecule has 0 atom stereocenters. The average molecular weight is 259 g/mol. The molecular formula is C18H13NO. The Labute approximate surface area is 117 Å². The van der Waals surface area contributed by atoms with Gasteiger partial charge in [0.25, 0.3) is 5.78 Å². The number of ketones is 1. The first-order chi connectivity index (χ1) is 9.75. The fourth-order valence-corrected chi connectivity index (χ4v) is 2.22. The summed E-state index contributed by atoms with van der Waals surface area (Å²) >= 11 is 0. The van der Waals surface area contributed by atoms with Gasteiger partial charge >= 0.3 is 0 Å². The molecule has 1 aromatic heterocycles. The van der Waals surface area contributed by atoms with Gasteiger partial charge in [0, 0.05) is 23.5 Å². The van der Waals surface area contributed by atoms with Gasteiger partial charge in [0.2, 0.25) is 0 Å². The molecule has 0 radical (unpaired) electrons. The summed E-state index contributed by atoms with van der Waals surface area (Å²) in [7, 11) is 1.89. The van der Waals surface area contributed by atoms with E-state index < -0.39 is 0 Å². The Morgan fingerprint density at radius 3 is 2.45 bits per heavy atom. The van der Waals surface area contributed by atoms with Crippen LogP contribution in [-0.4, -0.2) is 10.4 Å². The summed E-state index contributed by atoms with van der Waals surface area (Å²) in [5, 5.41) is 1.06. The van der Waals surface area contributed by atoms with Crippen molar-refractivity contribution < 1.29 is 4.79 Å². The second-order valence-electron chi connectivity index (χ2n) is 4.59. The molecule has 0 fully saturated rings. The third kappa shape index (κ3) is 2.22. The zero-order valence-electron chi connectivity index (χ0n) is 11.1. The molecule has 0 N–H and O–H groups in total. The molecule has 20 heavy (non-hydrogen) atoms. The Morgan fingerprint density at radius 2 is 1.70 bits per heavy atom. The first-order valence-electron chi connectivity index (χ1n) is 6.41. The van der Waals surface area contributed by atoms with Crippen molar-refractivity contribution in [3.63, 3.8) is 0 Å². The molecule has 2 nitrogen and oxygen atoms in total. The van der Waals surface area contributed by atoms with Crippen LogP contribution in [0.25, 0.3) is 10.9 Å². The van der Waals surface area contributed by atoms with Crippen molar-refractivity contribution >= 4 is 16.7 Å². The van der Waals surface area contributed by atoms with E-state index in [4.69, 9.17) is 0 Å². The molecule has 2 aromatic carbocycles. The zero-order chi connectivity index (χ0) is 13.9. The smallest absolute Gasteiger partial charge is 0.252 e. The van der Waals surface area contributed by atoms with E-state index in [1.165, 1.54) is 0 Å². The first-order valence-corrected chi connectivity index (χ1v) is 6.41. The highest BCUT2D eigenvalue weighted by Crippen LogP contribution is 2.18. The van der Waals surface area contributed by atoms with E-state index in [0.717, 1.165) is 16.5 Å². The zero-order valence-corrected chi connectivity index (χ0v) is 11.1. The lowest BCUT2D eigenvalue weighted by Gasteiger charge is -1.98. The number of fused-ring (bicyclic) bond motifs is 1. The van der Waals surface area contributed by atoms with Crippen LogP contribution in [0.3, 0.4) is 0 Å². The summed E-state index contributed by atoms with van der Waals surface area (Å²) in [4.78, 5) is 12.2. The van der Waals surface area contributed by atoms with Gasteiger partial charge in [0.15, 0.2) is 0 Å². The minimum absolute atomic E-state index is 0.160. The molecule has 0 bridgehead atoms. The normalized spacial score (nSPS) is 10.1. The summed E-state index contributed by atoms with van der Waals surface area (Å²) in [5.41, 5.74) is 2.51. The number of Topliss-reactive ketones (excluding diaryl/α,β-unsaturated/α-hetero) is 1. The highest BCUT2D eigenvalue weighted by Gasteiger charge is 2.10. The van der Waals surface area contributed by atoms with Crippen LogP contribution in [0.5, 0.6) is 0 Å². The number of aromatic nitrogens is 1. The van der Waals surface area contributed by atoms with Gasteiger partial charge in [0.05, 0.1) is 5.69 Å². The van der Waals surface area contributed by atoms with E-state index in [1.807, 2.05) is 72.3 Å². The van der Waals surface area contributed by atoms with Crippen molar-refractivity contribution in [2.24, 2.45) is 7.05 Å². The van der Waals surface area contributed by atoms with Crippen LogP contribution in [0.2, 0.25) is 0 Å². The predicted octanol–water partition coefficient (Wildman–Crippen LogP) is 3.41. The van der Waals surface area contributed by atoms with Gasteiger partial charge < -0.3 is 4.57 Å². The lowest BCUT2D eigenvalue weighted by atomic mass is 10.2. The van der Waals surface area contributed by atoms with Crippen molar-refractivity contribution in [1.82, 2.24) is 4.57 Å². The molecule has 3 aromatic rings. The number of para-hydroxylation sites is 1. The topological polar surface area (TPSA) is 22.0 Å². The second-order valence-corrected chi connectivity index (χ2v) is 4.59. The lowest BCUT2D eigenvalue weighted by molar-refractivity contribution is 0.104. The average Bonchev–Trinajstić information content (AvgIpc) is 2.84. The third-order valence-corrected chi connectivity index (χ3v) is 3.28. The Kier molecular flexibility index (Phi) is 3.10. The molecule has 0 unspecified atom stereocenters. The van der Waals surface area contributed by atoms with Crippen molar-refractivity contribution in [2.75, 3.05) is 0 Å². The maximum absolute atomic E-state index is 12.2. The van der Waals surface area contributed by atoms with E-state index in [1.54, 1.807) is 0 Å². The van der Waals surface area contributed by atoms with E-state index in [2.05, 4.69) is 11.8 Å². The van der Waals surface area contributed by atoms with Gasteiger partial charge in [-0.3, -0.25) is 4.79 Å². The second kappa shape index (κ2) is 5.07. The summed E-state index contributed by atoms with van der Waals surface area (Å²) in [6.45, 7) is 0. The van der Waals surface area contributed by atoms with E-state index in [9.17, 15) is 4.79 Å². The van der Waals surface area contributed by atoms with Crippen molar-refractivity contribution in [3.05, 3.63) is 71.9 Å². The van der Waals surface area contributed by atoms with Crippen molar-refractivity contribution in [3.8, 4) is 11.8 Å². The van der Waals surface area contributed by atoms with Crippen LogP contribution in [0.4, 0.5) is 0 Å². The number of nitrogens with zero attached hydrogens (tertiary/aromatic N) is 1. The summed E-state index contributed by atoms with van der Waals surface area (Å²) in [6.07, 6.45) is 0. The van der Waals surface area contributed by atoms with Crippen LogP contribution in [0.1, 0.15) is 16.1 Å². The predicted molar refractivity (Wildman–Crippen MR) is 80.6 cm³/mol. The number of benzene rings is 2. The molecule has 0 saturated carbocycles. The van der Waals surface area contributed by atoms with E-state index >= 15 is 0 Å². The van der Waals surface area contributed by atoms with Crippen LogP contribution in [0.15, 0.2) is 60.7 Å². The number of hydrogen-bond acceptors (Lipinski definition) is 1. The van der Waals surface area contributed by atoms with Crippen LogP contribution >= 0.6 is 0 Å². The SMILES string of the molecule is Cn1c(C(=O)C#Cc2ccccc2)cc2ccccc21. The molecule has 0 aliphatic carbocycles. The Hall–Kier alpha value is -2.79. The molecular weight excluding hydrogens is 246 g/mol. The standard InChI is InChI=1S/C18H13NO/c1-19-16-10-6-5-9-15(16)13-17(19)18(20)12-11-14-7-3-2-4-8-14/h2-10,13H,1H3. The largest absolute Gasteiger partial charge is 0.340 e. The van der Waals surface area contributed by atoms with Gasteiger partial charge in [0.1, 0.15) is 0 Å². The molecule has 0 amide bonds. The lowest BCUT2D eigenvalue weighted by Crippen LogP contribution is -2.02. The maximum atomic E-state index is 12.2. The van der Waals surface area contributed by atoms with Gasteiger partial charge in [-0.2, -0.15) is 0 Å². The number of rotatable bonds is 1. The van der Waals surface area contributed by atoms with Crippen molar-refractivity contribution in [1.29, 1.82) is 0 Å². The van der Waals surface area contributed by atoms with Gasteiger partial charge in [-0.25, -0.2) is 0 Å². The monoisotopic (exact) mass is 259 g/mol. The number of hydrogen-bond donors (Lipinski definition) is 0. The fraction of sp³-hybridized carbons (Fsp3) is 0.0556. The quantitative estimate of drug-likeness (QED) is 0.485. The summed E-state index contributed by atoms with van der Waals surface area (Å²) in [5.74, 6) is 5.45. The molecule has 3 rings (SSSR count). The highest BCUT2D eigenvalue weighted by atomic mass is 16.1. The van der Waals surface area contributed by atoms with Crippen LogP contribution < -0.4 is 0 Å². The number of aryl methyl sites for hydroxylation is 1. The Morgan fingerprint density at radius 1 is 1.00 bits per heavy atom. The van der Waals surface area contributed by atoms with Gasteiger partial charge in [-0.1, -0.05) is 42.3 Å². The van der Waals surface area contributed by atoms with E-state index in [-0.39, 0.29) is 5.78 Å². The first kappa shape index (κ1) is 12.3. The van der Waals surface area contributed by atoms with E-state index in [0.29, 0.717) is 5.69 Å². The minimum Gasteiger partial charge on any atom is -0.340 e. The molecule has 0 aliphatic heterocycles. The number of carbonyl (C=O) groups excluding carboxylic acids is 1. The van der Waals surface area contributed by atoms with Crippen LogP contribution in [-0.2, 0) is 7.05 Å². The molecule has 0 saturated heterocycles. The highest BCUT2D eigenvalue weighted by molar-refractivity contribution is 6.10. The fourth-order valence-electron chi connectivity index (χ4n) is 2.22. The van der Waals surface area contributed by atoms with Crippen LogP contribution in [0, 0.1) is 11.8 Å². The molecule has 96 valence electrons.